The molecule has 4 heteroatoms. The van der Waals surface area contributed by atoms with Crippen molar-refractivity contribution < 1.29 is 4.79 Å². The van der Waals surface area contributed by atoms with Gasteiger partial charge in [0.1, 0.15) is 0 Å². The minimum atomic E-state index is -0.191. The Morgan fingerprint density at radius 2 is 2.00 bits per heavy atom. The average molecular weight is 227 g/mol. The van der Waals surface area contributed by atoms with Crippen molar-refractivity contribution >= 4 is 23.3 Å². The first-order valence-corrected chi connectivity index (χ1v) is 5.43. The third kappa shape index (κ3) is 4.70. The van der Waals surface area contributed by atoms with Crippen molar-refractivity contribution in [2.45, 2.75) is 13.3 Å². The van der Waals surface area contributed by atoms with E-state index >= 15 is 0 Å². The maximum absolute atomic E-state index is 11.3. The lowest BCUT2D eigenvalue weighted by Crippen LogP contribution is -2.29. The normalized spacial score (nSPS) is 9.73. The molecule has 0 heterocycles. The minimum absolute atomic E-state index is 0.191. The van der Waals surface area contributed by atoms with Crippen LogP contribution in [0.2, 0.25) is 0 Å². The number of amides is 2. The molecule has 2 N–H and O–H groups in total. The molecule has 2 amide bonds. The van der Waals surface area contributed by atoms with E-state index in [1.165, 1.54) is 5.56 Å². The van der Waals surface area contributed by atoms with Crippen LogP contribution < -0.4 is 10.6 Å². The van der Waals surface area contributed by atoms with Crippen molar-refractivity contribution in [1.29, 1.82) is 0 Å². The number of carbonyl (C=O) groups is 1. The smallest absolute Gasteiger partial charge is 0.319 e. The van der Waals surface area contributed by atoms with E-state index in [9.17, 15) is 4.79 Å². The van der Waals surface area contributed by atoms with E-state index in [2.05, 4.69) is 10.6 Å². The quantitative estimate of drug-likeness (QED) is 0.602. The maximum Gasteiger partial charge on any atom is 0.319 e. The number of halogens is 1. The second-order valence-corrected chi connectivity index (χ2v) is 3.67. The van der Waals surface area contributed by atoms with Crippen LogP contribution in [0.15, 0.2) is 24.3 Å². The molecule has 0 aliphatic carbocycles. The predicted molar refractivity (Wildman–Crippen MR) is 63.5 cm³/mol. The highest BCUT2D eigenvalue weighted by Crippen LogP contribution is 2.07. The van der Waals surface area contributed by atoms with Crippen molar-refractivity contribution in [3.8, 4) is 0 Å². The van der Waals surface area contributed by atoms with Gasteiger partial charge in [0.2, 0.25) is 0 Å². The van der Waals surface area contributed by atoms with Gasteiger partial charge in [-0.1, -0.05) is 17.7 Å². The average Bonchev–Trinajstić information content (AvgIpc) is 2.22. The van der Waals surface area contributed by atoms with Gasteiger partial charge in [-0.25, -0.2) is 4.79 Å². The Hall–Kier alpha value is -1.22. The van der Waals surface area contributed by atoms with E-state index in [0.29, 0.717) is 12.4 Å². The molecular formula is C11H15ClN2O. The summed E-state index contributed by atoms with van der Waals surface area (Å²) in [5, 5.41) is 5.45. The molecule has 1 rings (SSSR count). The van der Waals surface area contributed by atoms with Gasteiger partial charge < -0.3 is 10.6 Å². The fraction of sp³-hybridized carbons (Fsp3) is 0.364. The first-order chi connectivity index (χ1) is 7.22. The van der Waals surface area contributed by atoms with Crippen LogP contribution in [0.4, 0.5) is 10.5 Å². The number of hydrogen-bond donors (Lipinski definition) is 2. The van der Waals surface area contributed by atoms with E-state index in [1.54, 1.807) is 0 Å². The summed E-state index contributed by atoms with van der Waals surface area (Å²) in [7, 11) is 0. The van der Waals surface area contributed by atoms with E-state index in [0.717, 1.165) is 12.1 Å². The fourth-order valence-corrected chi connectivity index (χ4v) is 1.21. The number of anilines is 1. The SMILES string of the molecule is Cc1ccc(NC(=O)NCCCCl)cc1. The third-order valence-corrected chi connectivity index (χ3v) is 2.17. The number of urea groups is 1. The topological polar surface area (TPSA) is 41.1 Å². The second-order valence-electron chi connectivity index (χ2n) is 3.29. The molecule has 0 atom stereocenters. The van der Waals surface area contributed by atoms with Gasteiger partial charge in [0.15, 0.2) is 0 Å². The van der Waals surface area contributed by atoms with Crippen LogP contribution in [0.3, 0.4) is 0 Å². The number of benzene rings is 1. The molecule has 0 spiro atoms. The molecule has 3 nitrogen and oxygen atoms in total. The number of carbonyl (C=O) groups excluding carboxylic acids is 1. The maximum atomic E-state index is 11.3. The van der Waals surface area contributed by atoms with Gasteiger partial charge in [0, 0.05) is 18.1 Å². The molecule has 82 valence electrons. The number of alkyl halides is 1. The zero-order chi connectivity index (χ0) is 11.1. The monoisotopic (exact) mass is 226 g/mol. The molecule has 1 aromatic carbocycles. The summed E-state index contributed by atoms with van der Waals surface area (Å²) in [5.74, 6) is 0.560. The Balaban J connectivity index is 2.34. The number of aryl methyl sites for hydroxylation is 1. The van der Waals surface area contributed by atoms with E-state index in [1.807, 2.05) is 31.2 Å². The van der Waals surface area contributed by atoms with E-state index < -0.39 is 0 Å². The molecule has 0 fully saturated rings. The van der Waals surface area contributed by atoms with Crippen LogP contribution in [-0.4, -0.2) is 18.5 Å². The molecule has 0 radical (unpaired) electrons. The number of rotatable bonds is 4. The Morgan fingerprint density at radius 1 is 1.33 bits per heavy atom. The Labute approximate surface area is 94.8 Å². The van der Waals surface area contributed by atoms with Crippen LogP contribution in [0.25, 0.3) is 0 Å². The summed E-state index contributed by atoms with van der Waals surface area (Å²) < 4.78 is 0. The summed E-state index contributed by atoms with van der Waals surface area (Å²) in [6, 6.07) is 7.46. The highest BCUT2D eigenvalue weighted by molar-refractivity contribution is 6.17. The largest absolute Gasteiger partial charge is 0.338 e. The van der Waals surface area contributed by atoms with Crippen molar-refractivity contribution in [2.24, 2.45) is 0 Å². The lowest BCUT2D eigenvalue weighted by molar-refractivity contribution is 0.252. The van der Waals surface area contributed by atoms with Crippen LogP contribution in [0, 0.1) is 6.92 Å². The van der Waals surface area contributed by atoms with Gasteiger partial charge >= 0.3 is 6.03 Å². The predicted octanol–water partition coefficient (Wildman–Crippen LogP) is 2.75. The lowest BCUT2D eigenvalue weighted by Gasteiger charge is -2.06. The summed E-state index contributed by atoms with van der Waals surface area (Å²) in [6.07, 6.45) is 0.781. The molecule has 0 saturated heterocycles. The van der Waals surface area contributed by atoms with Crippen molar-refractivity contribution in [2.75, 3.05) is 17.7 Å². The highest BCUT2D eigenvalue weighted by atomic mass is 35.5. The summed E-state index contributed by atoms with van der Waals surface area (Å²) in [6.45, 7) is 2.60. The minimum Gasteiger partial charge on any atom is -0.338 e. The fourth-order valence-electron chi connectivity index (χ4n) is 1.08. The summed E-state index contributed by atoms with van der Waals surface area (Å²) in [4.78, 5) is 11.3. The molecule has 15 heavy (non-hydrogen) atoms. The number of nitrogens with one attached hydrogen (secondary N) is 2. The second kappa shape index (κ2) is 6.30. The van der Waals surface area contributed by atoms with Gasteiger partial charge in [-0.3, -0.25) is 0 Å². The van der Waals surface area contributed by atoms with Gasteiger partial charge in [0.05, 0.1) is 0 Å². The Morgan fingerprint density at radius 3 is 2.60 bits per heavy atom. The van der Waals surface area contributed by atoms with Crippen LogP contribution in [0.5, 0.6) is 0 Å². The highest BCUT2D eigenvalue weighted by Gasteiger charge is 1.99. The van der Waals surface area contributed by atoms with Crippen molar-refractivity contribution in [1.82, 2.24) is 5.32 Å². The van der Waals surface area contributed by atoms with Gasteiger partial charge in [-0.2, -0.15) is 0 Å². The van der Waals surface area contributed by atoms with Crippen LogP contribution in [-0.2, 0) is 0 Å². The molecule has 0 bridgehead atoms. The first kappa shape index (κ1) is 11.9. The van der Waals surface area contributed by atoms with E-state index in [-0.39, 0.29) is 6.03 Å². The summed E-state index contributed by atoms with van der Waals surface area (Å²) >= 11 is 5.49. The zero-order valence-corrected chi connectivity index (χ0v) is 9.47. The molecule has 0 aliphatic heterocycles. The molecule has 0 aliphatic rings. The summed E-state index contributed by atoms with van der Waals surface area (Å²) in [5.41, 5.74) is 1.96. The Bertz CT molecular complexity index is 311. The first-order valence-electron chi connectivity index (χ1n) is 4.90. The van der Waals surface area contributed by atoms with Crippen LogP contribution in [0.1, 0.15) is 12.0 Å². The van der Waals surface area contributed by atoms with Gasteiger partial charge in [0.25, 0.3) is 0 Å². The molecule has 1 aromatic rings. The standard InChI is InChI=1S/C11H15ClN2O/c1-9-3-5-10(6-4-9)14-11(15)13-8-2-7-12/h3-6H,2,7-8H2,1H3,(H2,13,14,15). The van der Waals surface area contributed by atoms with Gasteiger partial charge in [-0.05, 0) is 25.5 Å². The zero-order valence-electron chi connectivity index (χ0n) is 8.72. The molecule has 0 unspecified atom stereocenters. The number of hydrogen-bond acceptors (Lipinski definition) is 1. The molecule has 0 aromatic heterocycles. The van der Waals surface area contributed by atoms with E-state index in [4.69, 9.17) is 11.6 Å². The van der Waals surface area contributed by atoms with Crippen LogP contribution >= 0.6 is 11.6 Å². The van der Waals surface area contributed by atoms with Crippen molar-refractivity contribution in [3.63, 3.8) is 0 Å². The Kier molecular flexibility index (Phi) is 4.98. The van der Waals surface area contributed by atoms with Gasteiger partial charge in [-0.15, -0.1) is 11.6 Å². The molecule has 0 saturated carbocycles. The van der Waals surface area contributed by atoms with Crippen molar-refractivity contribution in [3.05, 3.63) is 29.8 Å². The lowest BCUT2D eigenvalue weighted by atomic mass is 10.2. The molecular weight excluding hydrogens is 212 g/mol. The third-order valence-electron chi connectivity index (χ3n) is 1.91.